The van der Waals surface area contributed by atoms with E-state index in [0.29, 0.717) is 5.69 Å². The summed E-state index contributed by atoms with van der Waals surface area (Å²) in [6, 6.07) is 4.75. The number of amides is 2. The molecule has 26 heavy (non-hydrogen) atoms. The van der Waals surface area contributed by atoms with Gasteiger partial charge < -0.3 is 9.80 Å². The van der Waals surface area contributed by atoms with Crippen molar-refractivity contribution >= 4 is 17.5 Å². The minimum Gasteiger partial charge on any atom is -0.339 e. The second kappa shape index (κ2) is 7.29. The third-order valence-electron chi connectivity index (χ3n) is 5.36. The fourth-order valence-corrected chi connectivity index (χ4v) is 3.90. The van der Waals surface area contributed by atoms with Crippen molar-refractivity contribution < 1.29 is 22.8 Å². The van der Waals surface area contributed by atoms with Crippen molar-refractivity contribution in [2.45, 2.75) is 51.2 Å². The molecule has 2 aliphatic heterocycles. The van der Waals surface area contributed by atoms with Crippen LogP contribution in [-0.2, 0) is 15.8 Å². The van der Waals surface area contributed by atoms with Crippen LogP contribution in [0.1, 0.15) is 44.6 Å². The van der Waals surface area contributed by atoms with Gasteiger partial charge in [-0.1, -0.05) is 6.92 Å². The molecule has 0 radical (unpaired) electrons. The molecule has 2 atom stereocenters. The van der Waals surface area contributed by atoms with E-state index in [9.17, 15) is 22.8 Å². The molecule has 2 fully saturated rings. The van der Waals surface area contributed by atoms with Crippen LogP contribution in [0.2, 0.25) is 0 Å². The van der Waals surface area contributed by atoms with Gasteiger partial charge in [0.15, 0.2) is 0 Å². The standard InChI is InChI=1S/C19H23F3N2O2/c1-2-15-5-3-4-10-23(15)18(26)13-11-17(25)24(12-13)16-8-6-14(7-9-16)19(20,21)22/h6-9,13,15H,2-5,10-12H2,1H3. The number of carbonyl (C=O) groups is 2. The van der Waals surface area contributed by atoms with Gasteiger partial charge in [-0.3, -0.25) is 9.59 Å². The van der Waals surface area contributed by atoms with Crippen molar-refractivity contribution in [3.05, 3.63) is 29.8 Å². The van der Waals surface area contributed by atoms with E-state index >= 15 is 0 Å². The topological polar surface area (TPSA) is 40.6 Å². The highest BCUT2D eigenvalue weighted by Gasteiger charge is 2.39. The highest BCUT2D eigenvalue weighted by atomic mass is 19.4. The van der Waals surface area contributed by atoms with Crippen LogP contribution in [0.15, 0.2) is 24.3 Å². The number of halogens is 3. The maximum Gasteiger partial charge on any atom is 0.416 e. The largest absolute Gasteiger partial charge is 0.416 e. The van der Waals surface area contributed by atoms with Crippen LogP contribution in [0.5, 0.6) is 0 Å². The molecule has 2 saturated heterocycles. The third kappa shape index (κ3) is 3.71. The molecule has 2 heterocycles. The van der Waals surface area contributed by atoms with E-state index < -0.39 is 17.7 Å². The van der Waals surface area contributed by atoms with E-state index in [1.165, 1.54) is 17.0 Å². The second-order valence-corrected chi connectivity index (χ2v) is 7.04. The van der Waals surface area contributed by atoms with Gasteiger partial charge in [-0.2, -0.15) is 13.2 Å². The monoisotopic (exact) mass is 368 g/mol. The lowest BCUT2D eigenvalue weighted by molar-refractivity contribution is -0.139. The van der Waals surface area contributed by atoms with Crippen molar-refractivity contribution in [2.75, 3.05) is 18.0 Å². The number of nitrogens with zero attached hydrogens (tertiary/aromatic N) is 2. The molecule has 0 aliphatic carbocycles. The van der Waals surface area contributed by atoms with E-state index in [4.69, 9.17) is 0 Å². The van der Waals surface area contributed by atoms with E-state index in [1.54, 1.807) is 0 Å². The molecule has 1 aromatic carbocycles. The van der Waals surface area contributed by atoms with Crippen LogP contribution >= 0.6 is 0 Å². The average molecular weight is 368 g/mol. The van der Waals surface area contributed by atoms with Gasteiger partial charge in [-0.05, 0) is 49.9 Å². The summed E-state index contributed by atoms with van der Waals surface area (Å²) in [4.78, 5) is 28.5. The SMILES string of the molecule is CCC1CCCCN1C(=O)C1CC(=O)N(c2ccc(C(F)(F)F)cc2)C1. The summed E-state index contributed by atoms with van der Waals surface area (Å²) in [5.74, 6) is -0.635. The summed E-state index contributed by atoms with van der Waals surface area (Å²) in [5.41, 5.74) is -0.344. The Morgan fingerprint density at radius 3 is 2.50 bits per heavy atom. The lowest BCUT2D eigenvalue weighted by Crippen LogP contribution is -2.46. The predicted octanol–water partition coefficient (Wildman–Crippen LogP) is 3.85. The zero-order valence-corrected chi connectivity index (χ0v) is 14.8. The maximum atomic E-state index is 12.9. The van der Waals surface area contributed by atoms with Gasteiger partial charge in [0.05, 0.1) is 11.5 Å². The fourth-order valence-electron chi connectivity index (χ4n) is 3.90. The Labute approximate surface area is 151 Å². The Kier molecular flexibility index (Phi) is 5.25. The first-order valence-corrected chi connectivity index (χ1v) is 9.09. The number of alkyl halides is 3. The summed E-state index contributed by atoms with van der Waals surface area (Å²) in [7, 11) is 0. The molecule has 0 bridgehead atoms. The normalized spacial score (nSPS) is 24.2. The van der Waals surface area contributed by atoms with Gasteiger partial charge in [0.1, 0.15) is 0 Å². The van der Waals surface area contributed by atoms with Crippen molar-refractivity contribution in [1.82, 2.24) is 4.90 Å². The highest BCUT2D eigenvalue weighted by molar-refractivity contribution is 6.00. The zero-order chi connectivity index (χ0) is 18.9. The lowest BCUT2D eigenvalue weighted by Gasteiger charge is -2.36. The van der Waals surface area contributed by atoms with Gasteiger partial charge in [0.25, 0.3) is 0 Å². The first-order valence-electron chi connectivity index (χ1n) is 9.09. The number of hydrogen-bond donors (Lipinski definition) is 0. The number of carbonyl (C=O) groups excluding carboxylic acids is 2. The van der Waals surface area contributed by atoms with Crippen molar-refractivity contribution in [1.29, 1.82) is 0 Å². The van der Waals surface area contributed by atoms with Crippen molar-refractivity contribution in [3.8, 4) is 0 Å². The van der Waals surface area contributed by atoms with Crippen LogP contribution in [0.25, 0.3) is 0 Å². The van der Waals surface area contributed by atoms with Gasteiger partial charge in [-0.25, -0.2) is 0 Å². The van der Waals surface area contributed by atoms with Gasteiger partial charge in [-0.15, -0.1) is 0 Å². The van der Waals surface area contributed by atoms with Crippen LogP contribution in [0.4, 0.5) is 18.9 Å². The quantitative estimate of drug-likeness (QED) is 0.813. The van der Waals surface area contributed by atoms with Crippen LogP contribution in [0, 0.1) is 5.92 Å². The minimum absolute atomic E-state index is 0.000637. The maximum absolute atomic E-state index is 12.9. The van der Waals surface area contributed by atoms with E-state index in [1.807, 2.05) is 4.90 Å². The van der Waals surface area contributed by atoms with Crippen LogP contribution < -0.4 is 4.90 Å². The van der Waals surface area contributed by atoms with Gasteiger partial charge >= 0.3 is 6.18 Å². The van der Waals surface area contributed by atoms with E-state index in [2.05, 4.69) is 6.92 Å². The fraction of sp³-hybridized carbons (Fsp3) is 0.579. The number of hydrogen-bond acceptors (Lipinski definition) is 2. The number of benzene rings is 1. The first kappa shape index (κ1) is 18.7. The second-order valence-electron chi connectivity index (χ2n) is 7.04. The number of likely N-dealkylation sites (tertiary alicyclic amines) is 1. The molecule has 4 nitrogen and oxygen atoms in total. The summed E-state index contributed by atoms with van der Waals surface area (Å²) in [5, 5.41) is 0. The molecule has 142 valence electrons. The van der Waals surface area contributed by atoms with E-state index in [-0.39, 0.29) is 30.8 Å². The molecule has 0 N–H and O–H groups in total. The molecular weight excluding hydrogens is 345 g/mol. The number of anilines is 1. The Morgan fingerprint density at radius 1 is 1.19 bits per heavy atom. The van der Waals surface area contributed by atoms with Crippen LogP contribution in [-0.4, -0.2) is 35.8 Å². The Bertz CT molecular complexity index is 672. The summed E-state index contributed by atoms with van der Waals surface area (Å²) in [6.45, 7) is 3.02. The number of rotatable bonds is 3. The molecule has 2 amide bonds. The van der Waals surface area contributed by atoms with Crippen molar-refractivity contribution in [2.24, 2.45) is 5.92 Å². The average Bonchev–Trinajstić information content (AvgIpc) is 3.02. The Morgan fingerprint density at radius 2 is 1.88 bits per heavy atom. The minimum atomic E-state index is -4.41. The molecule has 2 aliphatic rings. The van der Waals surface area contributed by atoms with Crippen LogP contribution in [0.3, 0.4) is 0 Å². The molecule has 0 aromatic heterocycles. The molecule has 0 saturated carbocycles. The summed E-state index contributed by atoms with van der Waals surface area (Å²) >= 11 is 0. The number of piperidine rings is 1. The Balaban J connectivity index is 1.71. The van der Waals surface area contributed by atoms with Gasteiger partial charge in [0.2, 0.25) is 11.8 Å². The first-order chi connectivity index (χ1) is 12.3. The molecular formula is C19H23F3N2O2. The van der Waals surface area contributed by atoms with E-state index in [0.717, 1.165) is 44.4 Å². The molecule has 1 aromatic rings. The lowest BCUT2D eigenvalue weighted by atomic mass is 9.97. The van der Waals surface area contributed by atoms with Gasteiger partial charge in [0, 0.05) is 31.2 Å². The summed E-state index contributed by atoms with van der Waals surface area (Å²) < 4.78 is 38.1. The third-order valence-corrected chi connectivity index (χ3v) is 5.36. The zero-order valence-electron chi connectivity index (χ0n) is 14.8. The predicted molar refractivity (Wildman–Crippen MR) is 91.5 cm³/mol. The smallest absolute Gasteiger partial charge is 0.339 e. The molecule has 7 heteroatoms. The van der Waals surface area contributed by atoms with Crippen molar-refractivity contribution in [3.63, 3.8) is 0 Å². The Hall–Kier alpha value is -2.05. The summed E-state index contributed by atoms with van der Waals surface area (Å²) in [6.07, 6.45) is -0.308. The molecule has 2 unspecified atom stereocenters. The molecule has 3 rings (SSSR count). The molecule has 0 spiro atoms. The highest BCUT2D eigenvalue weighted by Crippen LogP contribution is 2.33.